The lowest BCUT2D eigenvalue weighted by atomic mass is 10.2. The third kappa shape index (κ3) is 4.25. The van der Waals surface area contributed by atoms with Crippen molar-refractivity contribution in [3.8, 4) is 0 Å². The Hall–Kier alpha value is -1.87. The van der Waals surface area contributed by atoms with Gasteiger partial charge < -0.3 is 17.7 Å². The van der Waals surface area contributed by atoms with Gasteiger partial charge in [0.05, 0.1) is 6.42 Å². The number of nitrogens with zero attached hydrogens (tertiary/aromatic N) is 1. The molecule has 1 N–H and O–H groups in total. The molecule has 2 aromatic rings. The standard InChI is InChI=1S/C13H12N2O.ClH/c16-13(10-12-8-4-5-9-14-12)15-11-6-2-1-3-7-11;/h1-9H,10H2,(H,15,16);1H. The van der Waals surface area contributed by atoms with Gasteiger partial charge in [-0.2, -0.15) is 0 Å². The van der Waals surface area contributed by atoms with Crippen LogP contribution >= 0.6 is 0 Å². The maximum absolute atomic E-state index is 11.6. The first-order valence-electron chi connectivity index (χ1n) is 5.09. The van der Waals surface area contributed by atoms with Gasteiger partial charge in [0.2, 0.25) is 5.91 Å². The normalized spacial score (nSPS) is 9.18. The van der Waals surface area contributed by atoms with Crippen molar-refractivity contribution in [3.63, 3.8) is 0 Å². The van der Waals surface area contributed by atoms with Crippen LogP contribution in [-0.4, -0.2) is 10.9 Å². The number of hydrogen-bond acceptors (Lipinski definition) is 2. The summed E-state index contributed by atoms with van der Waals surface area (Å²) in [4.78, 5) is 15.7. The molecule has 1 aromatic carbocycles. The predicted molar refractivity (Wildman–Crippen MR) is 64.1 cm³/mol. The van der Waals surface area contributed by atoms with Gasteiger partial charge in [-0.05, 0) is 24.3 Å². The quantitative estimate of drug-likeness (QED) is 0.787. The fourth-order valence-electron chi connectivity index (χ4n) is 1.39. The molecule has 0 aliphatic carbocycles. The zero-order valence-electron chi connectivity index (χ0n) is 10.1. The van der Waals surface area contributed by atoms with Gasteiger partial charge in [-0.1, -0.05) is 24.3 Å². The number of aromatic nitrogens is 1. The summed E-state index contributed by atoms with van der Waals surface area (Å²) in [5.41, 5.74) is 1.58. The Bertz CT molecular complexity index is 421. The zero-order valence-corrected chi connectivity index (χ0v) is 9.89. The highest BCUT2D eigenvalue weighted by Crippen LogP contribution is 2.05. The summed E-state index contributed by atoms with van der Waals surface area (Å²) in [6.45, 7) is 0. The number of nitrogens with one attached hydrogen (secondary N) is 1. The molecule has 0 aliphatic rings. The highest BCUT2D eigenvalue weighted by molar-refractivity contribution is 5.91. The summed E-state index contributed by atoms with van der Waals surface area (Å²) >= 11 is 0. The molecule has 3 nitrogen and oxygen atoms in total. The molecule has 0 unspecified atom stereocenters. The van der Waals surface area contributed by atoms with Crippen molar-refractivity contribution in [2.75, 3.05) is 5.32 Å². The molecule has 2 rings (SSSR count). The van der Waals surface area contributed by atoms with E-state index in [0.717, 1.165) is 11.4 Å². The van der Waals surface area contributed by atoms with E-state index in [1.54, 1.807) is 6.20 Å². The number of amides is 1. The van der Waals surface area contributed by atoms with E-state index in [1.807, 2.05) is 48.5 Å². The summed E-state index contributed by atoms with van der Waals surface area (Å²) in [6, 6.07) is 14.9. The monoisotopic (exact) mass is 248 g/mol. The maximum atomic E-state index is 11.6. The molecule has 17 heavy (non-hydrogen) atoms. The van der Waals surface area contributed by atoms with Crippen LogP contribution in [0.4, 0.5) is 5.69 Å². The van der Waals surface area contributed by atoms with Gasteiger partial charge in [-0.15, -0.1) is 0 Å². The minimum Gasteiger partial charge on any atom is -1.00 e. The molecular weight excluding hydrogens is 236 g/mol. The number of halogens is 1. The Kier molecular flexibility index (Phi) is 5.17. The van der Waals surface area contributed by atoms with Crippen LogP contribution in [0.1, 0.15) is 7.12 Å². The van der Waals surface area contributed by atoms with Crippen molar-refractivity contribution in [1.29, 1.82) is 0 Å². The SMILES string of the molecule is O=C(Cc1ccccn1)Nc1ccccc1.[Cl-].[H+]. The number of hydrogen-bond donors (Lipinski definition) is 1. The average Bonchev–Trinajstić information content (AvgIpc) is 2.31. The van der Waals surface area contributed by atoms with Gasteiger partial charge in [0.25, 0.3) is 0 Å². The summed E-state index contributed by atoms with van der Waals surface area (Å²) < 4.78 is 0. The predicted octanol–water partition coefficient (Wildman–Crippen LogP) is -0.621. The third-order valence-corrected chi connectivity index (χ3v) is 2.13. The van der Waals surface area contributed by atoms with Gasteiger partial charge >= 0.3 is 1.43 Å². The van der Waals surface area contributed by atoms with E-state index in [1.165, 1.54) is 0 Å². The van der Waals surface area contributed by atoms with Gasteiger partial charge in [-0.3, -0.25) is 9.78 Å². The Morgan fingerprint density at radius 2 is 1.82 bits per heavy atom. The first kappa shape index (κ1) is 13.2. The molecule has 4 heteroatoms. The molecule has 0 saturated heterocycles. The number of rotatable bonds is 3. The van der Waals surface area contributed by atoms with Crippen molar-refractivity contribution in [2.24, 2.45) is 0 Å². The number of carbonyl (C=O) groups is 1. The second kappa shape index (κ2) is 6.66. The lowest BCUT2D eigenvalue weighted by molar-refractivity contribution is -0.115. The smallest absolute Gasteiger partial charge is 1.00 e. The zero-order chi connectivity index (χ0) is 11.2. The van der Waals surface area contributed by atoms with Crippen LogP contribution in [-0.2, 0) is 11.2 Å². The topological polar surface area (TPSA) is 42.0 Å². The van der Waals surface area contributed by atoms with Crippen molar-refractivity contribution in [3.05, 3.63) is 60.4 Å². The van der Waals surface area contributed by atoms with Crippen molar-refractivity contribution >= 4 is 11.6 Å². The Labute approximate surface area is 108 Å². The van der Waals surface area contributed by atoms with E-state index in [0.29, 0.717) is 6.42 Å². The van der Waals surface area contributed by atoms with Crippen LogP contribution in [0.2, 0.25) is 0 Å². The lowest BCUT2D eigenvalue weighted by Crippen LogP contribution is -3.00. The lowest BCUT2D eigenvalue weighted by Gasteiger charge is -2.03. The van der Waals surface area contributed by atoms with E-state index in [-0.39, 0.29) is 19.7 Å². The minimum atomic E-state index is -0.0510. The highest BCUT2D eigenvalue weighted by atomic mass is 35.5. The van der Waals surface area contributed by atoms with Crippen LogP contribution in [0.5, 0.6) is 0 Å². The molecule has 0 atom stereocenters. The average molecular weight is 249 g/mol. The molecule has 0 spiro atoms. The number of para-hydroxylation sites is 1. The number of pyridine rings is 1. The first-order chi connectivity index (χ1) is 7.84. The van der Waals surface area contributed by atoms with E-state index >= 15 is 0 Å². The second-order valence-corrected chi connectivity index (χ2v) is 3.41. The molecule has 1 heterocycles. The van der Waals surface area contributed by atoms with E-state index in [4.69, 9.17) is 0 Å². The molecule has 0 fully saturated rings. The molecule has 0 bridgehead atoms. The first-order valence-corrected chi connectivity index (χ1v) is 5.09. The minimum absolute atomic E-state index is 0. The Balaban J connectivity index is 0.00000144. The van der Waals surface area contributed by atoms with Crippen molar-refractivity contribution in [1.82, 2.24) is 4.98 Å². The number of benzene rings is 1. The van der Waals surface area contributed by atoms with Crippen LogP contribution in [0.3, 0.4) is 0 Å². The Morgan fingerprint density at radius 1 is 1.12 bits per heavy atom. The van der Waals surface area contributed by atoms with Crippen LogP contribution in [0, 0.1) is 0 Å². The molecule has 1 aromatic heterocycles. The maximum Gasteiger partial charge on any atom is 1.00 e. The van der Waals surface area contributed by atoms with Crippen LogP contribution < -0.4 is 17.7 Å². The van der Waals surface area contributed by atoms with Crippen LogP contribution in [0.15, 0.2) is 54.7 Å². The van der Waals surface area contributed by atoms with Crippen molar-refractivity contribution < 1.29 is 18.6 Å². The Morgan fingerprint density at radius 3 is 2.47 bits per heavy atom. The molecule has 0 saturated carbocycles. The molecular formula is C13H13ClN2O. The van der Waals surface area contributed by atoms with E-state index in [2.05, 4.69) is 10.3 Å². The largest absolute Gasteiger partial charge is 1.00 e. The summed E-state index contributed by atoms with van der Waals surface area (Å²) in [5.74, 6) is -0.0510. The van der Waals surface area contributed by atoms with Gasteiger partial charge in [0, 0.05) is 17.6 Å². The molecule has 88 valence electrons. The van der Waals surface area contributed by atoms with E-state index < -0.39 is 0 Å². The van der Waals surface area contributed by atoms with Crippen LogP contribution in [0.25, 0.3) is 0 Å². The number of carbonyl (C=O) groups excluding carboxylic acids is 1. The molecule has 1 amide bonds. The summed E-state index contributed by atoms with van der Waals surface area (Å²) in [5, 5.41) is 2.81. The second-order valence-electron chi connectivity index (χ2n) is 3.41. The molecule has 0 aliphatic heterocycles. The van der Waals surface area contributed by atoms with Gasteiger partial charge in [-0.25, -0.2) is 0 Å². The highest BCUT2D eigenvalue weighted by Gasteiger charge is 2.03. The fourth-order valence-corrected chi connectivity index (χ4v) is 1.39. The summed E-state index contributed by atoms with van der Waals surface area (Å²) in [7, 11) is 0. The third-order valence-electron chi connectivity index (χ3n) is 2.13. The van der Waals surface area contributed by atoms with E-state index in [9.17, 15) is 4.79 Å². The fraction of sp³-hybridized carbons (Fsp3) is 0.0769. The molecule has 0 radical (unpaired) electrons. The van der Waals surface area contributed by atoms with Gasteiger partial charge in [0.15, 0.2) is 0 Å². The van der Waals surface area contributed by atoms with Crippen molar-refractivity contribution in [2.45, 2.75) is 6.42 Å². The number of anilines is 1. The summed E-state index contributed by atoms with van der Waals surface area (Å²) in [6.07, 6.45) is 1.99. The van der Waals surface area contributed by atoms with Gasteiger partial charge in [0.1, 0.15) is 0 Å².